The van der Waals surface area contributed by atoms with E-state index in [-0.39, 0.29) is 5.56 Å². The maximum absolute atomic E-state index is 12.7. The lowest BCUT2D eigenvalue weighted by molar-refractivity contribution is -0.137. The van der Waals surface area contributed by atoms with Gasteiger partial charge in [-0.25, -0.2) is 4.98 Å². The van der Waals surface area contributed by atoms with Crippen molar-refractivity contribution in [1.29, 1.82) is 0 Å². The summed E-state index contributed by atoms with van der Waals surface area (Å²) in [5, 5.41) is 7.14. The lowest BCUT2D eigenvalue weighted by Gasteiger charge is -2.11. The number of amides is 1. The molecule has 162 valence electrons. The van der Waals surface area contributed by atoms with Gasteiger partial charge in [-0.1, -0.05) is 12.1 Å². The van der Waals surface area contributed by atoms with Crippen LogP contribution in [0.1, 0.15) is 15.9 Å². The zero-order chi connectivity index (χ0) is 22.7. The lowest BCUT2D eigenvalue weighted by Crippen LogP contribution is -2.13. The standard InChI is InChI=1S/C23H17F3N4O2/c1-27-22-28-12-11-20(30-22)32-17-9-10-18-15(13-17)3-2-4-19(18)29-21(31)14-5-7-16(8-6-14)23(24,25)26/h2-13H,1H3,(H,29,31)(H,27,28,30). The highest BCUT2D eigenvalue weighted by Gasteiger charge is 2.30. The molecule has 0 radical (unpaired) electrons. The first-order chi connectivity index (χ1) is 15.3. The van der Waals surface area contributed by atoms with E-state index in [0.29, 0.717) is 23.3 Å². The van der Waals surface area contributed by atoms with Gasteiger partial charge in [-0.05, 0) is 53.9 Å². The van der Waals surface area contributed by atoms with E-state index >= 15 is 0 Å². The maximum Gasteiger partial charge on any atom is 0.416 e. The zero-order valence-electron chi connectivity index (χ0n) is 16.8. The lowest BCUT2D eigenvalue weighted by atomic mass is 10.1. The number of carbonyl (C=O) groups is 1. The summed E-state index contributed by atoms with van der Waals surface area (Å²) in [5.41, 5.74) is -0.158. The Morgan fingerprint density at radius 1 is 1.00 bits per heavy atom. The number of aromatic nitrogens is 2. The second kappa shape index (κ2) is 8.54. The first kappa shape index (κ1) is 21.1. The van der Waals surface area contributed by atoms with Crippen LogP contribution in [0.25, 0.3) is 10.8 Å². The second-order valence-electron chi connectivity index (χ2n) is 6.79. The van der Waals surface area contributed by atoms with Gasteiger partial charge in [0.15, 0.2) is 0 Å². The molecule has 0 fully saturated rings. The largest absolute Gasteiger partial charge is 0.439 e. The van der Waals surface area contributed by atoms with Crippen molar-refractivity contribution in [2.24, 2.45) is 0 Å². The maximum atomic E-state index is 12.7. The van der Waals surface area contributed by atoms with Gasteiger partial charge < -0.3 is 15.4 Å². The number of nitrogens with zero attached hydrogens (tertiary/aromatic N) is 2. The van der Waals surface area contributed by atoms with E-state index in [9.17, 15) is 18.0 Å². The quantitative estimate of drug-likeness (QED) is 0.416. The molecule has 9 heteroatoms. The molecule has 0 atom stereocenters. The minimum Gasteiger partial charge on any atom is -0.439 e. The highest BCUT2D eigenvalue weighted by molar-refractivity contribution is 6.09. The van der Waals surface area contributed by atoms with Crippen molar-refractivity contribution in [2.45, 2.75) is 6.18 Å². The van der Waals surface area contributed by atoms with E-state index in [2.05, 4.69) is 20.6 Å². The van der Waals surface area contributed by atoms with Crippen LogP contribution in [0.4, 0.5) is 24.8 Å². The predicted octanol–water partition coefficient (Wildman–Crippen LogP) is 5.73. The smallest absolute Gasteiger partial charge is 0.416 e. The monoisotopic (exact) mass is 438 g/mol. The summed E-state index contributed by atoms with van der Waals surface area (Å²) in [7, 11) is 1.70. The molecule has 2 N–H and O–H groups in total. The van der Waals surface area contributed by atoms with Gasteiger partial charge in [0.2, 0.25) is 11.8 Å². The molecule has 1 heterocycles. The van der Waals surface area contributed by atoms with E-state index in [1.165, 1.54) is 0 Å². The summed E-state index contributed by atoms with van der Waals surface area (Å²) in [6.07, 6.45) is -2.88. The molecule has 1 aromatic heterocycles. The Hall–Kier alpha value is -4.14. The number of hydrogen-bond donors (Lipinski definition) is 2. The third-order valence-electron chi connectivity index (χ3n) is 4.65. The molecule has 0 spiro atoms. The third-order valence-corrected chi connectivity index (χ3v) is 4.65. The van der Waals surface area contributed by atoms with Crippen molar-refractivity contribution in [3.63, 3.8) is 0 Å². The van der Waals surface area contributed by atoms with E-state index in [1.807, 2.05) is 6.07 Å². The Morgan fingerprint density at radius 2 is 1.78 bits per heavy atom. The summed E-state index contributed by atoms with van der Waals surface area (Å²) in [6, 6.07) is 16.3. The molecule has 0 aliphatic carbocycles. The number of rotatable bonds is 5. The van der Waals surface area contributed by atoms with E-state index in [0.717, 1.165) is 35.0 Å². The molecule has 4 rings (SSSR count). The fourth-order valence-corrected chi connectivity index (χ4v) is 3.08. The van der Waals surface area contributed by atoms with E-state index in [1.54, 1.807) is 49.6 Å². The Balaban J connectivity index is 1.55. The number of nitrogens with one attached hydrogen (secondary N) is 2. The fourth-order valence-electron chi connectivity index (χ4n) is 3.08. The molecule has 0 saturated carbocycles. The zero-order valence-corrected chi connectivity index (χ0v) is 16.8. The van der Waals surface area contributed by atoms with Crippen LogP contribution < -0.4 is 15.4 Å². The van der Waals surface area contributed by atoms with Crippen molar-refractivity contribution in [1.82, 2.24) is 9.97 Å². The van der Waals surface area contributed by atoms with Crippen LogP contribution in [0.3, 0.4) is 0 Å². The molecule has 0 aliphatic rings. The summed E-state index contributed by atoms with van der Waals surface area (Å²) in [6.45, 7) is 0. The van der Waals surface area contributed by atoms with Gasteiger partial charge in [-0.3, -0.25) is 4.79 Å². The summed E-state index contributed by atoms with van der Waals surface area (Å²) >= 11 is 0. The number of benzene rings is 3. The molecule has 0 saturated heterocycles. The Bertz CT molecular complexity index is 1270. The van der Waals surface area contributed by atoms with E-state index in [4.69, 9.17) is 4.74 Å². The van der Waals surface area contributed by atoms with Crippen molar-refractivity contribution < 1.29 is 22.7 Å². The molecule has 0 aliphatic heterocycles. The number of anilines is 2. The van der Waals surface area contributed by atoms with Crippen molar-refractivity contribution >= 4 is 28.3 Å². The van der Waals surface area contributed by atoms with Gasteiger partial charge in [0.05, 0.1) is 5.56 Å². The Labute approximate surface area is 181 Å². The molecule has 1 amide bonds. The SMILES string of the molecule is CNc1nccc(Oc2ccc3c(NC(=O)c4ccc(C(F)(F)F)cc4)cccc3c2)n1. The average Bonchev–Trinajstić information content (AvgIpc) is 2.79. The number of fused-ring (bicyclic) bond motifs is 1. The predicted molar refractivity (Wildman–Crippen MR) is 115 cm³/mol. The topological polar surface area (TPSA) is 76.1 Å². The molecule has 6 nitrogen and oxygen atoms in total. The van der Waals surface area contributed by atoms with Gasteiger partial charge in [-0.15, -0.1) is 0 Å². The number of alkyl halides is 3. The summed E-state index contributed by atoms with van der Waals surface area (Å²) in [4.78, 5) is 20.8. The Morgan fingerprint density at radius 3 is 2.50 bits per heavy atom. The second-order valence-corrected chi connectivity index (χ2v) is 6.79. The molecular formula is C23H17F3N4O2. The minimum atomic E-state index is -4.45. The van der Waals surface area contributed by atoms with Gasteiger partial charge in [0, 0.05) is 35.9 Å². The van der Waals surface area contributed by atoms with Crippen LogP contribution >= 0.6 is 0 Å². The molecule has 32 heavy (non-hydrogen) atoms. The summed E-state index contributed by atoms with van der Waals surface area (Å²) < 4.78 is 44.0. The van der Waals surface area contributed by atoms with Crippen molar-refractivity contribution in [2.75, 3.05) is 17.7 Å². The molecule has 4 aromatic rings. The number of hydrogen-bond acceptors (Lipinski definition) is 5. The number of halogens is 3. The highest BCUT2D eigenvalue weighted by atomic mass is 19.4. The van der Waals surface area contributed by atoms with Crippen LogP contribution in [0.2, 0.25) is 0 Å². The molecular weight excluding hydrogens is 421 g/mol. The van der Waals surface area contributed by atoms with Gasteiger partial charge in [0.25, 0.3) is 5.91 Å². The van der Waals surface area contributed by atoms with Crippen LogP contribution in [-0.4, -0.2) is 22.9 Å². The number of ether oxygens (including phenoxy) is 1. The van der Waals surface area contributed by atoms with Gasteiger partial charge in [0.1, 0.15) is 5.75 Å². The van der Waals surface area contributed by atoms with Crippen LogP contribution in [0.5, 0.6) is 11.6 Å². The molecule has 0 bridgehead atoms. The van der Waals surface area contributed by atoms with Crippen molar-refractivity contribution in [3.8, 4) is 11.6 Å². The van der Waals surface area contributed by atoms with Gasteiger partial charge >= 0.3 is 6.18 Å². The number of carbonyl (C=O) groups excluding carboxylic acids is 1. The first-order valence-electron chi connectivity index (χ1n) is 9.53. The summed E-state index contributed by atoms with van der Waals surface area (Å²) in [5.74, 6) is 0.837. The molecule has 3 aromatic carbocycles. The highest BCUT2D eigenvalue weighted by Crippen LogP contribution is 2.31. The fraction of sp³-hybridized carbons (Fsp3) is 0.0870. The normalized spacial score (nSPS) is 11.2. The average molecular weight is 438 g/mol. The van der Waals surface area contributed by atoms with Gasteiger partial charge in [-0.2, -0.15) is 18.2 Å². The van der Waals surface area contributed by atoms with Crippen LogP contribution in [-0.2, 0) is 6.18 Å². The van der Waals surface area contributed by atoms with Crippen LogP contribution in [0, 0.1) is 0 Å². The third kappa shape index (κ3) is 4.61. The molecule has 0 unspecified atom stereocenters. The first-order valence-corrected chi connectivity index (χ1v) is 9.53. The Kier molecular flexibility index (Phi) is 5.63. The minimum absolute atomic E-state index is 0.124. The van der Waals surface area contributed by atoms with Crippen LogP contribution in [0.15, 0.2) is 72.9 Å². The van der Waals surface area contributed by atoms with Crippen molar-refractivity contribution in [3.05, 3.63) is 84.1 Å². The van der Waals surface area contributed by atoms with E-state index < -0.39 is 17.6 Å².